The Morgan fingerprint density at radius 3 is 2.72 bits per heavy atom. The van der Waals surface area contributed by atoms with Gasteiger partial charge in [0, 0.05) is 19.1 Å². The Bertz CT molecular complexity index is 381. The van der Waals surface area contributed by atoms with Crippen LogP contribution in [0.3, 0.4) is 0 Å². The largest absolute Gasteiger partial charge is 0.487 e. The molecule has 1 aromatic rings. The third-order valence-electron chi connectivity index (χ3n) is 3.61. The van der Waals surface area contributed by atoms with Gasteiger partial charge in [-0.05, 0) is 32.0 Å². The van der Waals surface area contributed by atoms with E-state index in [9.17, 15) is 0 Å². The van der Waals surface area contributed by atoms with Gasteiger partial charge in [0.15, 0.2) is 0 Å². The fourth-order valence-electron chi connectivity index (χ4n) is 2.47. The molecule has 100 valence electrons. The van der Waals surface area contributed by atoms with Crippen LogP contribution in [-0.4, -0.2) is 31.9 Å². The summed E-state index contributed by atoms with van der Waals surface area (Å²) in [7, 11) is 1.98. The first kappa shape index (κ1) is 13.4. The molecule has 3 heteroatoms. The van der Waals surface area contributed by atoms with Gasteiger partial charge in [0.1, 0.15) is 18.0 Å². The molecule has 0 spiro atoms. The normalized spacial score (nSPS) is 26.7. The predicted molar refractivity (Wildman–Crippen MR) is 73.1 cm³/mol. The summed E-state index contributed by atoms with van der Waals surface area (Å²) in [5.74, 6) is 1.00. The molecular weight excluding hydrogens is 226 g/mol. The minimum absolute atomic E-state index is 0.171. The molecule has 3 nitrogen and oxygen atoms in total. The van der Waals surface area contributed by atoms with Crippen molar-refractivity contribution in [3.8, 4) is 5.75 Å². The van der Waals surface area contributed by atoms with Crippen LogP contribution in [0.1, 0.15) is 25.8 Å². The Hall–Kier alpha value is -1.06. The lowest BCUT2D eigenvalue weighted by molar-refractivity contribution is -0.103. The smallest absolute Gasteiger partial charge is 0.128 e. The van der Waals surface area contributed by atoms with E-state index < -0.39 is 0 Å². The lowest BCUT2D eigenvalue weighted by Gasteiger charge is -2.43. The van der Waals surface area contributed by atoms with Gasteiger partial charge in [0.05, 0.1) is 0 Å². The van der Waals surface area contributed by atoms with Crippen molar-refractivity contribution in [3.05, 3.63) is 29.8 Å². The lowest BCUT2D eigenvalue weighted by Crippen LogP contribution is -2.60. The highest BCUT2D eigenvalue weighted by Gasteiger charge is 2.42. The zero-order valence-electron chi connectivity index (χ0n) is 11.5. The van der Waals surface area contributed by atoms with Crippen LogP contribution in [0.15, 0.2) is 24.3 Å². The molecule has 1 aliphatic rings. The van der Waals surface area contributed by atoms with Crippen molar-refractivity contribution in [2.45, 2.75) is 44.9 Å². The molecule has 1 saturated carbocycles. The standard InChI is InChI=1S/C15H23NO2/c1-4-11-8-6-7-9-13(11)18-14-10-12(16-3)15(14)17-5-2/h6-9,12,14-16H,4-5,10H2,1-3H3. The minimum atomic E-state index is 0.171. The zero-order valence-corrected chi connectivity index (χ0v) is 11.5. The molecule has 18 heavy (non-hydrogen) atoms. The molecule has 0 aromatic heterocycles. The van der Waals surface area contributed by atoms with Crippen molar-refractivity contribution in [2.75, 3.05) is 13.7 Å². The first-order valence-electron chi connectivity index (χ1n) is 6.83. The maximum absolute atomic E-state index is 6.10. The molecule has 0 saturated heterocycles. The second-order valence-corrected chi connectivity index (χ2v) is 4.67. The number of hydrogen-bond donors (Lipinski definition) is 1. The van der Waals surface area contributed by atoms with E-state index in [0.29, 0.717) is 6.04 Å². The molecule has 1 aromatic carbocycles. The molecule has 3 atom stereocenters. The molecule has 0 heterocycles. The first-order valence-corrected chi connectivity index (χ1v) is 6.83. The maximum Gasteiger partial charge on any atom is 0.128 e. The molecule has 1 fully saturated rings. The predicted octanol–water partition coefficient (Wildman–Crippen LogP) is 2.39. The summed E-state index contributed by atoms with van der Waals surface area (Å²) in [6.07, 6.45) is 2.36. The van der Waals surface area contributed by atoms with Gasteiger partial charge >= 0.3 is 0 Å². The highest BCUT2D eigenvalue weighted by molar-refractivity contribution is 5.33. The molecule has 0 amide bonds. The second kappa shape index (κ2) is 6.21. The Balaban J connectivity index is 2.01. The summed E-state index contributed by atoms with van der Waals surface area (Å²) in [6, 6.07) is 8.68. The highest BCUT2D eigenvalue weighted by Crippen LogP contribution is 2.30. The van der Waals surface area contributed by atoms with Gasteiger partial charge in [-0.1, -0.05) is 25.1 Å². The summed E-state index contributed by atoms with van der Waals surface area (Å²) >= 11 is 0. The van der Waals surface area contributed by atoms with E-state index >= 15 is 0 Å². The van der Waals surface area contributed by atoms with Gasteiger partial charge in [-0.2, -0.15) is 0 Å². The van der Waals surface area contributed by atoms with Gasteiger partial charge < -0.3 is 14.8 Å². The second-order valence-electron chi connectivity index (χ2n) is 4.67. The van der Waals surface area contributed by atoms with Crippen LogP contribution in [0.25, 0.3) is 0 Å². The fraction of sp³-hybridized carbons (Fsp3) is 0.600. The van der Waals surface area contributed by atoms with Crippen molar-refractivity contribution in [1.29, 1.82) is 0 Å². The SMILES string of the molecule is CCOC1C(NC)CC1Oc1ccccc1CC. The quantitative estimate of drug-likeness (QED) is 0.839. The third kappa shape index (κ3) is 2.68. The Labute approximate surface area is 109 Å². The van der Waals surface area contributed by atoms with E-state index in [1.165, 1.54) is 5.56 Å². The number of rotatable bonds is 6. The van der Waals surface area contributed by atoms with Crippen molar-refractivity contribution >= 4 is 0 Å². The lowest BCUT2D eigenvalue weighted by atomic mass is 9.85. The van der Waals surface area contributed by atoms with Crippen LogP contribution < -0.4 is 10.1 Å². The van der Waals surface area contributed by atoms with Gasteiger partial charge in [0.25, 0.3) is 0 Å². The van der Waals surface area contributed by atoms with Crippen molar-refractivity contribution < 1.29 is 9.47 Å². The molecule has 0 bridgehead atoms. The topological polar surface area (TPSA) is 30.5 Å². The summed E-state index contributed by atoms with van der Waals surface area (Å²) in [6.45, 7) is 4.92. The Kier molecular flexibility index (Phi) is 4.61. The van der Waals surface area contributed by atoms with Crippen molar-refractivity contribution in [2.24, 2.45) is 0 Å². The number of benzene rings is 1. The number of likely N-dealkylation sites (N-methyl/N-ethyl adjacent to an activating group) is 1. The maximum atomic E-state index is 6.10. The molecule has 0 radical (unpaired) electrons. The van der Waals surface area contributed by atoms with E-state index in [0.717, 1.165) is 25.2 Å². The van der Waals surface area contributed by atoms with Crippen LogP contribution >= 0.6 is 0 Å². The summed E-state index contributed by atoms with van der Waals surface area (Å²) in [4.78, 5) is 0. The summed E-state index contributed by atoms with van der Waals surface area (Å²) < 4.78 is 11.9. The monoisotopic (exact) mass is 249 g/mol. The van der Waals surface area contributed by atoms with Gasteiger partial charge in [-0.3, -0.25) is 0 Å². The van der Waals surface area contributed by atoms with Crippen LogP contribution in [0.4, 0.5) is 0 Å². The minimum Gasteiger partial charge on any atom is -0.487 e. The van der Waals surface area contributed by atoms with E-state index in [2.05, 4.69) is 30.4 Å². The Morgan fingerprint density at radius 1 is 1.28 bits per heavy atom. The Morgan fingerprint density at radius 2 is 2.06 bits per heavy atom. The molecule has 3 unspecified atom stereocenters. The van der Waals surface area contributed by atoms with Crippen LogP contribution in [0.2, 0.25) is 0 Å². The number of hydrogen-bond acceptors (Lipinski definition) is 3. The number of aryl methyl sites for hydroxylation is 1. The molecule has 2 rings (SSSR count). The zero-order chi connectivity index (χ0) is 13.0. The number of para-hydroxylation sites is 1. The van der Waals surface area contributed by atoms with E-state index in [4.69, 9.17) is 9.47 Å². The first-order chi connectivity index (χ1) is 8.80. The van der Waals surface area contributed by atoms with Gasteiger partial charge in [-0.25, -0.2) is 0 Å². The highest BCUT2D eigenvalue weighted by atomic mass is 16.5. The van der Waals surface area contributed by atoms with E-state index in [1.807, 2.05) is 20.0 Å². The van der Waals surface area contributed by atoms with Crippen LogP contribution in [-0.2, 0) is 11.2 Å². The molecule has 1 aliphatic carbocycles. The number of ether oxygens (including phenoxy) is 2. The van der Waals surface area contributed by atoms with E-state index in [-0.39, 0.29) is 12.2 Å². The summed E-state index contributed by atoms with van der Waals surface area (Å²) in [5.41, 5.74) is 1.26. The average molecular weight is 249 g/mol. The van der Waals surface area contributed by atoms with Crippen molar-refractivity contribution in [1.82, 2.24) is 5.32 Å². The van der Waals surface area contributed by atoms with E-state index in [1.54, 1.807) is 0 Å². The third-order valence-corrected chi connectivity index (χ3v) is 3.61. The fourth-order valence-corrected chi connectivity index (χ4v) is 2.47. The van der Waals surface area contributed by atoms with Crippen LogP contribution in [0, 0.1) is 0 Å². The molecule has 0 aliphatic heterocycles. The van der Waals surface area contributed by atoms with Crippen LogP contribution in [0.5, 0.6) is 5.75 Å². The van der Waals surface area contributed by atoms with Crippen molar-refractivity contribution in [3.63, 3.8) is 0 Å². The van der Waals surface area contributed by atoms with Gasteiger partial charge in [0.2, 0.25) is 0 Å². The molecular formula is C15H23NO2. The van der Waals surface area contributed by atoms with Gasteiger partial charge in [-0.15, -0.1) is 0 Å². The number of nitrogens with one attached hydrogen (secondary N) is 1. The average Bonchev–Trinajstić information content (AvgIpc) is 2.40. The molecule has 1 N–H and O–H groups in total. The summed E-state index contributed by atoms with van der Waals surface area (Å²) in [5, 5.41) is 3.28.